The highest BCUT2D eigenvalue weighted by atomic mass is 16.5. The molecule has 1 aromatic rings. The molecule has 0 aromatic carbocycles. The van der Waals surface area contributed by atoms with Crippen molar-refractivity contribution in [1.29, 1.82) is 0 Å². The lowest BCUT2D eigenvalue weighted by molar-refractivity contribution is -0.123. The van der Waals surface area contributed by atoms with Gasteiger partial charge in [0.15, 0.2) is 6.61 Å². The summed E-state index contributed by atoms with van der Waals surface area (Å²) in [5.74, 6) is 0.210. The van der Waals surface area contributed by atoms with Crippen LogP contribution in [0, 0.1) is 6.92 Å². The average molecular weight is 224 g/mol. The predicted octanol–water partition coefficient (Wildman–Crippen LogP) is -0.373. The summed E-state index contributed by atoms with van der Waals surface area (Å²) in [6.45, 7) is 3.98. The van der Waals surface area contributed by atoms with Crippen LogP contribution in [0.3, 0.4) is 0 Å². The van der Waals surface area contributed by atoms with Gasteiger partial charge in [0.05, 0.1) is 0 Å². The zero-order valence-electron chi connectivity index (χ0n) is 9.43. The van der Waals surface area contributed by atoms with E-state index in [1.165, 1.54) is 6.33 Å². The molecular weight excluding hydrogens is 208 g/mol. The Hall–Kier alpha value is -1.69. The van der Waals surface area contributed by atoms with Gasteiger partial charge in [-0.2, -0.15) is 0 Å². The van der Waals surface area contributed by atoms with Crippen molar-refractivity contribution in [1.82, 2.24) is 15.3 Å². The van der Waals surface area contributed by atoms with Gasteiger partial charge in [0.1, 0.15) is 6.33 Å². The van der Waals surface area contributed by atoms with E-state index in [0.717, 1.165) is 5.56 Å². The van der Waals surface area contributed by atoms with Crippen LogP contribution in [0.25, 0.3) is 0 Å². The molecule has 1 rings (SSSR count). The van der Waals surface area contributed by atoms with Gasteiger partial charge in [-0.25, -0.2) is 9.97 Å². The molecule has 0 saturated heterocycles. The molecule has 16 heavy (non-hydrogen) atoms. The Morgan fingerprint density at radius 2 is 2.44 bits per heavy atom. The number of carbonyl (C=O) groups is 1. The third-order valence-corrected chi connectivity index (χ3v) is 1.95. The molecule has 6 nitrogen and oxygen atoms in total. The molecule has 0 aliphatic carbocycles. The van der Waals surface area contributed by atoms with E-state index in [0.29, 0.717) is 12.4 Å². The van der Waals surface area contributed by atoms with E-state index in [2.05, 4.69) is 15.3 Å². The average Bonchev–Trinajstić information content (AvgIpc) is 2.28. The van der Waals surface area contributed by atoms with Gasteiger partial charge in [-0.05, 0) is 13.8 Å². The van der Waals surface area contributed by atoms with E-state index in [1.807, 2.05) is 13.8 Å². The number of nitrogens with zero attached hydrogens (tertiary/aromatic N) is 2. The monoisotopic (exact) mass is 224 g/mol. The Morgan fingerprint density at radius 3 is 3.06 bits per heavy atom. The number of hydrogen-bond donors (Lipinski definition) is 2. The smallest absolute Gasteiger partial charge is 0.258 e. The van der Waals surface area contributed by atoms with Gasteiger partial charge in [-0.15, -0.1) is 0 Å². The predicted molar refractivity (Wildman–Crippen MR) is 58.9 cm³/mol. The molecule has 1 heterocycles. The largest absolute Gasteiger partial charge is 0.467 e. The Balaban J connectivity index is 2.40. The molecule has 0 saturated carbocycles. The number of carbonyl (C=O) groups excluding carboxylic acids is 1. The van der Waals surface area contributed by atoms with Crippen LogP contribution in [0.4, 0.5) is 0 Å². The van der Waals surface area contributed by atoms with Crippen LogP contribution < -0.4 is 15.8 Å². The molecule has 1 unspecified atom stereocenters. The maximum Gasteiger partial charge on any atom is 0.258 e. The molecule has 3 N–H and O–H groups in total. The van der Waals surface area contributed by atoms with E-state index in [4.69, 9.17) is 10.5 Å². The fourth-order valence-corrected chi connectivity index (χ4v) is 1.05. The summed E-state index contributed by atoms with van der Waals surface area (Å²) in [4.78, 5) is 19.1. The second-order valence-corrected chi connectivity index (χ2v) is 3.50. The molecule has 0 aliphatic heterocycles. The Bertz CT molecular complexity index is 356. The number of rotatable bonds is 5. The Morgan fingerprint density at radius 1 is 1.69 bits per heavy atom. The molecule has 88 valence electrons. The zero-order chi connectivity index (χ0) is 12.0. The third kappa shape index (κ3) is 3.82. The summed E-state index contributed by atoms with van der Waals surface area (Å²) in [6.07, 6.45) is 3.01. The highest BCUT2D eigenvalue weighted by molar-refractivity contribution is 5.77. The minimum absolute atomic E-state index is 0.0532. The first-order chi connectivity index (χ1) is 7.63. The van der Waals surface area contributed by atoms with Gasteiger partial charge in [-0.3, -0.25) is 4.79 Å². The topological polar surface area (TPSA) is 90.1 Å². The lowest BCUT2D eigenvalue weighted by Crippen LogP contribution is -2.40. The number of aromatic nitrogens is 2. The van der Waals surface area contributed by atoms with Crippen molar-refractivity contribution in [3.63, 3.8) is 0 Å². The summed E-state index contributed by atoms with van der Waals surface area (Å²) in [5, 5.41) is 2.69. The number of nitrogens with two attached hydrogens (primary N) is 1. The van der Waals surface area contributed by atoms with E-state index < -0.39 is 0 Å². The lowest BCUT2D eigenvalue weighted by Gasteiger charge is -2.12. The third-order valence-electron chi connectivity index (χ3n) is 1.95. The molecule has 1 atom stereocenters. The van der Waals surface area contributed by atoms with Crippen molar-refractivity contribution in [2.24, 2.45) is 5.73 Å². The van der Waals surface area contributed by atoms with E-state index in [9.17, 15) is 4.79 Å². The van der Waals surface area contributed by atoms with Gasteiger partial charge in [0.25, 0.3) is 5.91 Å². The van der Waals surface area contributed by atoms with Crippen molar-refractivity contribution in [2.75, 3.05) is 13.2 Å². The molecule has 0 fully saturated rings. The Kier molecular flexibility index (Phi) is 4.65. The van der Waals surface area contributed by atoms with E-state index in [1.54, 1.807) is 6.20 Å². The molecule has 1 aromatic heterocycles. The molecule has 0 bridgehead atoms. The number of nitrogens with one attached hydrogen (secondary N) is 1. The summed E-state index contributed by atoms with van der Waals surface area (Å²) in [5.41, 5.74) is 6.17. The SMILES string of the molecule is Cc1cncnc1OCC(=O)NC(C)CN. The quantitative estimate of drug-likeness (QED) is 0.712. The van der Waals surface area contributed by atoms with Crippen molar-refractivity contribution in [3.05, 3.63) is 18.1 Å². The summed E-state index contributed by atoms with van der Waals surface area (Å²) < 4.78 is 5.24. The fraction of sp³-hybridized carbons (Fsp3) is 0.500. The van der Waals surface area contributed by atoms with Crippen molar-refractivity contribution in [3.8, 4) is 5.88 Å². The minimum Gasteiger partial charge on any atom is -0.467 e. The number of ether oxygens (including phenoxy) is 1. The first kappa shape index (κ1) is 12.4. The van der Waals surface area contributed by atoms with Gasteiger partial charge >= 0.3 is 0 Å². The van der Waals surface area contributed by atoms with Crippen LogP contribution in [0.15, 0.2) is 12.5 Å². The van der Waals surface area contributed by atoms with Crippen molar-refractivity contribution >= 4 is 5.91 Å². The van der Waals surface area contributed by atoms with Crippen LogP contribution in [-0.2, 0) is 4.79 Å². The molecule has 0 aliphatic rings. The first-order valence-electron chi connectivity index (χ1n) is 5.02. The van der Waals surface area contributed by atoms with Crippen LogP contribution in [0.1, 0.15) is 12.5 Å². The van der Waals surface area contributed by atoms with Crippen LogP contribution >= 0.6 is 0 Å². The van der Waals surface area contributed by atoms with Gasteiger partial charge in [0.2, 0.25) is 5.88 Å². The van der Waals surface area contributed by atoms with Gasteiger partial charge in [-0.1, -0.05) is 0 Å². The highest BCUT2D eigenvalue weighted by Gasteiger charge is 2.07. The molecule has 6 heteroatoms. The molecular formula is C10H16N4O2. The first-order valence-corrected chi connectivity index (χ1v) is 5.02. The van der Waals surface area contributed by atoms with Crippen LogP contribution in [0.5, 0.6) is 5.88 Å². The number of aryl methyl sites for hydroxylation is 1. The zero-order valence-corrected chi connectivity index (χ0v) is 9.43. The fourth-order valence-electron chi connectivity index (χ4n) is 1.05. The second-order valence-electron chi connectivity index (χ2n) is 3.50. The van der Waals surface area contributed by atoms with Crippen LogP contribution in [-0.4, -0.2) is 35.1 Å². The van der Waals surface area contributed by atoms with Crippen molar-refractivity contribution in [2.45, 2.75) is 19.9 Å². The molecule has 0 radical (unpaired) electrons. The standard InChI is InChI=1S/C10H16N4O2/c1-7-4-12-6-13-10(7)16-5-9(15)14-8(2)3-11/h4,6,8H,3,5,11H2,1-2H3,(H,14,15). The molecule has 1 amide bonds. The minimum atomic E-state index is -0.212. The van der Waals surface area contributed by atoms with Crippen molar-refractivity contribution < 1.29 is 9.53 Å². The Labute approximate surface area is 94.2 Å². The maximum atomic E-state index is 11.4. The summed E-state index contributed by atoms with van der Waals surface area (Å²) in [7, 11) is 0. The summed E-state index contributed by atoms with van der Waals surface area (Å²) in [6, 6.07) is -0.0532. The maximum absolute atomic E-state index is 11.4. The second kappa shape index (κ2) is 6.02. The van der Waals surface area contributed by atoms with E-state index in [-0.39, 0.29) is 18.6 Å². The highest BCUT2D eigenvalue weighted by Crippen LogP contribution is 2.09. The molecule has 0 spiro atoms. The number of hydrogen-bond acceptors (Lipinski definition) is 5. The van der Waals surface area contributed by atoms with Crippen LogP contribution in [0.2, 0.25) is 0 Å². The van der Waals surface area contributed by atoms with E-state index >= 15 is 0 Å². The van der Waals surface area contributed by atoms with Gasteiger partial charge in [0, 0.05) is 24.3 Å². The lowest BCUT2D eigenvalue weighted by atomic mass is 10.3. The summed E-state index contributed by atoms with van der Waals surface area (Å²) >= 11 is 0. The number of amides is 1. The normalized spacial score (nSPS) is 11.9. The van der Waals surface area contributed by atoms with Gasteiger partial charge < -0.3 is 15.8 Å².